The molecule has 2 aliphatic heterocycles. The van der Waals surface area contributed by atoms with Crippen molar-refractivity contribution in [3.05, 3.63) is 70.9 Å². The van der Waals surface area contributed by atoms with Gasteiger partial charge in [-0.15, -0.1) is 0 Å². The standard InChI is InChI=1S/C24H24N2O4/c1-29-23-7-6-15(12-25-23)10-16-11-19-20(18-5-3-2-4-17(16)18)13-26(24(19)28)21-14-30-9-8-22(21)27/h2-7,11-12,21-22,27H,8-10,13-14H2,1H3/t21-,22-/m0/s1. The number of aliphatic hydroxyl groups is 1. The molecule has 0 saturated carbocycles. The first-order valence-corrected chi connectivity index (χ1v) is 10.2. The summed E-state index contributed by atoms with van der Waals surface area (Å²) in [4.78, 5) is 19.4. The number of benzene rings is 2. The van der Waals surface area contributed by atoms with E-state index in [0.29, 0.717) is 38.5 Å². The molecule has 2 aromatic carbocycles. The maximum Gasteiger partial charge on any atom is 0.254 e. The first-order chi connectivity index (χ1) is 14.7. The molecule has 2 atom stereocenters. The number of fused-ring (bicyclic) bond motifs is 3. The first-order valence-electron chi connectivity index (χ1n) is 10.2. The van der Waals surface area contributed by atoms with Crippen LogP contribution >= 0.6 is 0 Å². The molecular weight excluding hydrogens is 380 g/mol. The van der Waals surface area contributed by atoms with Crippen molar-refractivity contribution in [1.82, 2.24) is 9.88 Å². The Balaban J connectivity index is 1.54. The molecule has 0 spiro atoms. The lowest BCUT2D eigenvalue weighted by molar-refractivity contribution is -0.0528. The van der Waals surface area contributed by atoms with Crippen molar-refractivity contribution in [1.29, 1.82) is 0 Å². The van der Waals surface area contributed by atoms with Gasteiger partial charge >= 0.3 is 0 Å². The van der Waals surface area contributed by atoms with Gasteiger partial charge in [-0.3, -0.25) is 4.79 Å². The van der Waals surface area contributed by atoms with Crippen LogP contribution in [0.25, 0.3) is 10.8 Å². The highest BCUT2D eigenvalue weighted by atomic mass is 16.5. The Labute approximate surface area is 175 Å². The fraction of sp³-hybridized carbons (Fsp3) is 0.333. The van der Waals surface area contributed by atoms with Crippen molar-refractivity contribution >= 4 is 16.7 Å². The second-order valence-corrected chi connectivity index (χ2v) is 7.92. The van der Waals surface area contributed by atoms with Crippen molar-refractivity contribution in [2.75, 3.05) is 20.3 Å². The third-order valence-electron chi connectivity index (χ3n) is 6.15. The summed E-state index contributed by atoms with van der Waals surface area (Å²) in [6, 6.07) is 13.8. The molecule has 5 rings (SSSR count). The Morgan fingerprint density at radius 1 is 1.23 bits per heavy atom. The van der Waals surface area contributed by atoms with Crippen molar-refractivity contribution in [2.45, 2.75) is 31.5 Å². The van der Waals surface area contributed by atoms with Crippen LogP contribution in [0, 0.1) is 0 Å². The van der Waals surface area contributed by atoms with E-state index in [-0.39, 0.29) is 11.9 Å². The summed E-state index contributed by atoms with van der Waals surface area (Å²) >= 11 is 0. The molecule has 1 aromatic heterocycles. The Hall–Kier alpha value is -2.96. The quantitative estimate of drug-likeness (QED) is 0.724. The van der Waals surface area contributed by atoms with Gasteiger partial charge in [0.2, 0.25) is 5.88 Å². The number of pyridine rings is 1. The fourth-order valence-electron chi connectivity index (χ4n) is 4.55. The molecule has 2 aliphatic rings. The van der Waals surface area contributed by atoms with Gasteiger partial charge in [0.1, 0.15) is 0 Å². The number of methoxy groups -OCH3 is 1. The maximum absolute atomic E-state index is 13.3. The van der Waals surface area contributed by atoms with Crippen LogP contribution in [0.4, 0.5) is 0 Å². The second kappa shape index (κ2) is 7.70. The summed E-state index contributed by atoms with van der Waals surface area (Å²) in [6.45, 7) is 1.42. The molecule has 6 heteroatoms. The highest BCUT2D eigenvalue weighted by Gasteiger charge is 2.38. The van der Waals surface area contributed by atoms with Crippen LogP contribution in [-0.2, 0) is 17.7 Å². The largest absolute Gasteiger partial charge is 0.481 e. The van der Waals surface area contributed by atoms with Gasteiger partial charge in [0.05, 0.1) is 25.9 Å². The third-order valence-corrected chi connectivity index (χ3v) is 6.15. The number of rotatable bonds is 4. The van der Waals surface area contributed by atoms with Crippen LogP contribution in [0.3, 0.4) is 0 Å². The van der Waals surface area contributed by atoms with Gasteiger partial charge < -0.3 is 19.5 Å². The van der Waals surface area contributed by atoms with Crippen LogP contribution in [0.2, 0.25) is 0 Å². The summed E-state index contributed by atoms with van der Waals surface area (Å²) in [6.07, 6.45) is 2.49. The lowest BCUT2D eigenvalue weighted by Crippen LogP contribution is -2.49. The fourth-order valence-corrected chi connectivity index (χ4v) is 4.55. The molecule has 30 heavy (non-hydrogen) atoms. The number of ether oxygens (including phenoxy) is 2. The van der Waals surface area contributed by atoms with Crippen LogP contribution in [0.5, 0.6) is 5.88 Å². The molecule has 1 fully saturated rings. The molecule has 3 aromatic rings. The number of carbonyl (C=O) groups excluding carboxylic acids is 1. The zero-order valence-electron chi connectivity index (χ0n) is 16.9. The van der Waals surface area contributed by atoms with Crippen molar-refractivity contribution in [2.24, 2.45) is 0 Å². The van der Waals surface area contributed by atoms with Crippen molar-refractivity contribution < 1.29 is 19.4 Å². The SMILES string of the molecule is COc1ccc(Cc2cc3c(c4ccccc24)CN([C@H]2COCC[C@@H]2O)C3=O)cn1. The molecular formula is C24H24N2O4. The molecule has 0 radical (unpaired) electrons. The van der Waals surface area contributed by atoms with Gasteiger partial charge in [-0.25, -0.2) is 4.98 Å². The van der Waals surface area contributed by atoms with E-state index in [1.807, 2.05) is 36.5 Å². The minimum atomic E-state index is -0.548. The predicted octanol–water partition coefficient (Wildman–Crippen LogP) is 2.94. The average Bonchev–Trinajstić information content (AvgIpc) is 3.11. The number of aromatic nitrogens is 1. The van der Waals surface area contributed by atoms with E-state index < -0.39 is 6.10 Å². The predicted molar refractivity (Wildman–Crippen MR) is 113 cm³/mol. The second-order valence-electron chi connectivity index (χ2n) is 7.92. The molecule has 6 nitrogen and oxygen atoms in total. The van der Waals surface area contributed by atoms with Gasteiger partial charge in [-0.1, -0.05) is 30.3 Å². The van der Waals surface area contributed by atoms with E-state index in [1.54, 1.807) is 12.0 Å². The van der Waals surface area contributed by atoms with Crippen molar-refractivity contribution in [3.63, 3.8) is 0 Å². The third kappa shape index (κ3) is 3.22. The smallest absolute Gasteiger partial charge is 0.254 e. The van der Waals surface area contributed by atoms with Gasteiger partial charge in [0.15, 0.2) is 0 Å². The molecule has 0 bridgehead atoms. The molecule has 1 saturated heterocycles. The van der Waals surface area contributed by atoms with Gasteiger partial charge in [-0.05, 0) is 46.4 Å². The van der Waals surface area contributed by atoms with E-state index in [0.717, 1.165) is 33.0 Å². The topological polar surface area (TPSA) is 71.9 Å². The summed E-state index contributed by atoms with van der Waals surface area (Å²) in [5.74, 6) is 0.552. The Morgan fingerprint density at radius 2 is 2.07 bits per heavy atom. The number of aliphatic hydroxyl groups excluding tert-OH is 1. The van der Waals surface area contributed by atoms with Crippen LogP contribution in [0.1, 0.15) is 33.5 Å². The highest BCUT2D eigenvalue weighted by molar-refractivity contribution is 6.05. The lowest BCUT2D eigenvalue weighted by Gasteiger charge is -2.34. The maximum atomic E-state index is 13.3. The summed E-state index contributed by atoms with van der Waals surface area (Å²) in [7, 11) is 1.60. The van der Waals surface area contributed by atoms with Gasteiger partial charge in [0, 0.05) is 31.0 Å². The summed E-state index contributed by atoms with van der Waals surface area (Å²) in [5, 5.41) is 12.7. The van der Waals surface area contributed by atoms with E-state index in [9.17, 15) is 9.90 Å². The van der Waals surface area contributed by atoms with E-state index >= 15 is 0 Å². The monoisotopic (exact) mass is 404 g/mol. The first kappa shape index (κ1) is 19.0. The number of amides is 1. The molecule has 154 valence electrons. The lowest BCUT2D eigenvalue weighted by atomic mass is 9.93. The summed E-state index contributed by atoms with van der Waals surface area (Å²) in [5.41, 5.74) is 3.90. The Morgan fingerprint density at radius 3 is 2.80 bits per heavy atom. The Kier molecular flexibility index (Phi) is 4.89. The van der Waals surface area contributed by atoms with Crippen LogP contribution < -0.4 is 4.74 Å². The van der Waals surface area contributed by atoms with E-state index in [2.05, 4.69) is 17.1 Å². The summed E-state index contributed by atoms with van der Waals surface area (Å²) < 4.78 is 10.7. The Bertz CT molecular complexity index is 1100. The molecule has 0 aliphatic carbocycles. The average molecular weight is 404 g/mol. The zero-order chi connectivity index (χ0) is 20.7. The number of nitrogens with zero attached hydrogens (tertiary/aromatic N) is 2. The number of carbonyl (C=O) groups is 1. The molecule has 1 N–H and O–H groups in total. The number of hydrogen-bond donors (Lipinski definition) is 1. The van der Waals surface area contributed by atoms with Crippen molar-refractivity contribution in [3.8, 4) is 5.88 Å². The molecule has 0 unspecified atom stereocenters. The van der Waals surface area contributed by atoms with E-state index in [1.165, 1.54) is 0 Å². The molecule has 1 amide bonds. The minimum Gasteiger partial charge on any atom is -0.481 e. The van der Waals surface area contributed by atoms with Gasteiger partial charge in [-0.2, -0.15) is 0 Å². The highest BCUT2D eigenvalue weighted by Crippen LogP contribution is 2.35. The number of hydrogen-bond acceptors (Lipinski definition) is 5. The molecule has 3 heterocycles. The van der Waals surface area contributed by atoms with Crippen LogP contribution in [-0.4, -0.2) is 53.4 Å². The van der Waals surface area contributed by atoms with E-state index in [4.69, 9.17) is 9.47 Å². The normalized spacial score (nSPS) is 21.1. The van der Waals surface area contributed by atoms with Crippen LogP contribution in [0.15, 0.2) is 48.7 Å². The van der Waals surface area contributed by atoms with Gasteiger partial charge in [0.25, 0.3) is 5.91 Å². The zero-order valence-corrected chi connectivity index (χ0v) is 16.9. The minimum absolute atomic E-state index is 0.0283.